The van der Waals surface area contributed by atoms with E-state index >= 15 is 0 Å². The molecule has 0 aliphatic carbocycles. The van der Waals surface area contributed by atoms with Crippen molar-refractivity contribution in [2.45, 2.75) is 12.5 Å². The Bertz CT molecular complexity index is 523. The van der Waals surface area contributed by atoms with Crippen molar-refractivity contribution in [3.63, 3.8) is 0 Å². The molecule has 1 unspecified atom stereocenters. The minimum atomic E-state index is -0.493. The van der Waals surface area contributed by atoms with Crippen LogP contribution in [0.4, 0.5) is 0 Å². The number of benzene rings is 1. The third kappa shape index (κ3) is 3.21. The molecule has 0 amide bonds. The number of nitrogens with zero attached hydrogens (tertiary/aromatic N) is 1. The molecule has 0 aromatic heterocycles. The molecule has 7 heteroatoms. The first-order valence-corrected chi connectivity index (χ1v) is 6.17. The predicted octanol–water partition coefficient (Wildman–Crippen LogP) is 1.50. The van der Waals surface area contributed by atoms with E-state index in [1.807, 2.05) is 12.1 Å². The molecule has 1 aromatic carbocycles. The summed E-state index contributed by atoms with van der Waals surface area (Å²) in [5.41, 5.74) is 3.42. The maximum atomic E-state index is 11.2. The highest BCUT2D eigenvalue weighted by atomic mass is 16.9. The summed E-state index contributed by atoms with van der Waals surface area (Å²) >= 11 is 0. The average molecular weight is 278 g/mol. The van der Waals surface area contributed by atoms with E-state index in [-0.39, 0.29) is 10.6 Å². The van der Waals surface area contributed by atoms with Gasteiger partial charge in [-0.3, -0.25) is 5.41 Å². The molecule has 0 saturated carbocycles. The van der Waals surface area contributed by atoms with Crippen LogP contribution in [0.25, 0.3) is 0 Å². The second kappa shape index (κ2) is 6.81. The molecule has 20 heavy (non-hydrogen) atoms. The van der Waals surface area contributed by atoms with Crippen LogP contribution in [-0.4, -0.2) is 31.1 Å². The number of hydrogen-bond acceptors (Lipinski definition) is 6. The molecule has 0 spiro atoms. The molecule has 1 saturated heterocycles. The van der Waals surface area contributed by atoms with Crippen LogP contribution in [0.3, 0.4) is 0 Å². The first-order chi connectivity index (χ1) is 9.76. The van der Waals surface area contributed by atoms with Crippen molar-refractivity contribution in [3.05, 3.63) is 40.4 Å². The molecule has 0 bridgehead atoms. The Balaban J connectivity index is 1.98. The predicted molar refractivity (Wildman–Crippen MR) is 70.3 cm³/mol. The lowest BCUT2D eigenvalue weighted by Gasteiger charge is -2.07. The second-order valence-corrected chi connectivity index (χ2v) is 4.17. The summed E-state index contributed by atoms with van der Waals surface area (Å²) in [6, 6.07) is 6.73. The monoisotopic (exact) mass is 278 g/mol. The van der Waals surface area contributed by atoms with Gasteiger partial charge in [0.05, 0.1) is 17.4 Å². The minimum Gasteiger partial charge on any atom is -0.494 e. The van der Waals surface area contributed by atoms with Gasteiger partial charge in [0.15, 0.2) is 6.04 Å². The van der Waals surface area contributed by atoms with Gasteiger partial charge in [-0.05, 0) is 17.7 Å². The zero-order valence-electron chi connectivity index (χ0n) is 11.1. The van der Waals surface area contributed by atoms with Gasteiger partial charge in [-0.1, -0.05) is 17.6 Å². The smallest absolute Gasteiger partial charge is 0.380 e. The fourth-order valence-corrected chi connectivity index (χ4v) is 1.80. The number of nitrogens with one attached hydrogen (secondary N) is 2. The Morgan fingerprint density at radius 1 is 1.40 bits per heavy atom. The molecule has 2 rings (SSSR count). The summed E-state index contributed by atoms with van der Waals surface area (Å²) in [7, 11) is 1.65. The van der Waals surface area contributed by atoms with Crippen molar-refractivity contribution in [1.82, 2.24) is 5.48 Å². The van der Waals surface area contributed by atoms with Crippen LogP contribution < -0.4 is 10.2 Å². The van der Waals surface area contributed by atoms with Gasteiger partial charge in [-0.15, -0.1) is 4.94 Å². The molecule has 1 fully saturated rings. The van der Waals surface area contributed by atoms with Crippen molar-refractivity contribution < 1.29 is 19.3 Å². The van der Waals surface area contributed by atoms with Gasteiger partial charge in [0, 0.05) is 20.1 Å². The molecule has 7 nitrogen and oxygen atoms in total. The normalized spacial score (nSPS) is 17.8. The summed E-state index contributed by atoms with van der Waals surface area (Å²) in [6.45, 7) is 1.24. The van der Waals surface area contributed by atoms with E-state index in [0.717, 1.165) is 17.7 Å². The summed E-state index contributed by atoms with van der Waals surface area (Å²) in [5, 5.41) is 7.10. The van der Waals surface area contributed by atoms with E-state index in [1.165, 1.54) is 0 Å². The molecule has 106 valence electrons. The van der Waals surface area contributed by atoms with Crippen LogP contribution in [0, 0.1) is 10.3 Å². The van der Waals surface area contributed by atoms with Crippen LogP contribution in [0.15, 0.2) is 30.0 Å². The number of ether oxygens (including phenoxy) is 2. The molecular formula is C13H16N3O4+. The van der Waals surface area contributed by atoms with E-state index in [9.17, 15) is 4.91 Å². The number of hydroxylamine groups is 1. The van der Waals surface area contributed by atoms with Gasteiger partial charge in [0.2, 0.25) is 0 Å². The van der Waals surface area contributed by atoms with Crippen molar-refractivity contribution in [1.29, 1.82) is 5.41 Å². The molecule has 2 N–H and O–H groups in total. The second-order valence-electron chi connectivity index (χ2n) is 4.17. The summed E-state index contributed by atoms with van der Waals surface area (Å²) in [6.07, 6.45) is 0.822. The fourth-order valence-electron chi connectivity index (χ4n) is 1.80. The van der Waals surface area contributed by atoms with Crippen molar-refractivity contribution in [2.24, 2.45) is 0 Å². The van der Waals surface area contributed by atoms with Gasteiger partial charge in [0.25, 0.3) is 4.92 Å². The molecule has 1 aliphatic rings. The zero-order chi connectivity index (χ0) is 14.4. The van der Waals surface area contributed by atoms with Gasteiger partial charge in [-0.25, -0.2) is 0 Å². The standard InChI is InChI=1S/C13H16N3O4/c1-18-7-2-8-19-11-5-3-10(4-6-11)13-12(9-14)16(17)20-15-13/h3-6,13-15H,2,7-8H2,1H3/q+1. The molecule has 0 radical (unpaired) electrons. The maximum absolute atomic E-state index is 11.2. The quantitative estimate of drug-likeness (QED) is 0.608. The zero-order valence-corrected chi connectivity index (χ0v) is 11.1. The Morgan fingerprint density at radius 2 is 2.15 bits per heavy atom. The van der Waals surface area contributed by atoms with Crippen LogP contribution in [-0.2, 0) is 9.68 Å². The van der Waals surface area contributed by atoms with Gasteiger partial charge < -0.3 is 9.47 Å². The Morgan fingerprint density at radius 3 is 2.80 bits per heavy atom. The first kappa shape index (κ1) is 14.2. The largest absolute Gasteiger partial charge is 0.494 e. The highest BCUT2D eigenvalue weighted by Gasteiger charge is 2.42. The lowest BCUT2D eigenvalue weighted by Crippen LogP contribution is -2.12. The third-order valence-electron chi connectivity index (χ3n) is 2.83. The highest BCUT2D eigenvalue weighted by Crippen LogP contribution is 2.26. The van der Waals surface area contributed by atoms with Crippen LogP contribution in [0.2, 0.25) is 0 Å². The van der Waals surface area contributed by atoms with Crippen molar-refractivity contribution >= 4 is 5.87 Å². The van der Waals surface area contributed by atoms with Gasteiger partial charge >= 0.3 is 5.70 Å². The Kier molecular flexibility index (Phi) is 4.84. The van der Waals surface area contributed by atoms with E-state index in [4.69, 9.17) is 14.9 Å². The first-order valence-electron chi connectivity index (χ1n) is 6.17. The lowest BCUT2D eigenvalue weighted by molar-refractivity contribution is -0.762. The molecule has 1 aliphatic heterocycles. The molecular weight excluding hydrogens is 262 g/mol. The molecule has 1 heterocycles. The van der Waals surface area contributed by atoms with E-state index < -0.39 is 6.04 Å². The van der Waals surface area contributed by atoms with Crippen molar-refractivity contribution in [3.8, 4) is 5.75 Å². The number of hydrogen-bond donors (Lipinski definition) is 2. The third-order valence-corrected chi connectivity index (χ3v) is 2.83. The Hall–Kier alpha value is -2.21. The summed E-state index contributed by atoms with van der Waals surface area (Å²) in [5.74, 6) is 2.81. The lowest BCUT2D eigenvalue weighted by atomic mass is 10.1. The Labute approximate surface area is 116 Å². The SMILES string of the molecule is COCCCOc1ccc(C2NO[N+](=O)C2=C=N)cc1. The fraction of sp³-hybridized carbons (Fsp3) is 0.385. The number of rotatable bonds is 6. The molecule has 1 atom stereocenters. The molecule has 1 aromatic rings. The van der Waals surface area contributed by atoms with Crippen LogP contribution in [0.1, 0.15) is 18.0 Å². The van der Waals surface area contributed by atoms with E-state index in [1.54, 1.807) is 19.2 Å². The van der Waals surface area contributed by atoms with E-state index in [0.29, 0.717) is 13.2 Å². The van der Waals surface area contributed by atoms with Gasteiger partial charge in [-0.2, -0.15) is 0 Å². The van der Waals surface area contributed by atoms with E-state index in [2.05, 4.69) is 16.3 Å². The average Bonchev–Trinajstić information content (AvgIpc) is 2.85. The summed E-state index contributed by atoms with van der Waals surface area (Å²) in [4.78, 5) is 16.1. The van der Waals surface area contributed by atoms with Crippen LogP contribution in [0.5, 0.6) is 5.75 Å². The van der Waals surface area contributed by atoms with Gasteiger partial charge in [0.1, 0.15) is 5.75 Å². The highest BCUT2D eigenvalue weighted by molar-refractivity contribution is 5.54. The van der Waals surface area contributed by atoms with Crippen LogP contribution >= 0.6 is 0 Å². The topological polar surface area (TPSA) is 83.7 Å². The minimum absolute atomic E-state index is 0.0822. The maximum Gasteiger partial charge on any atom is 0.380 e. The summed E-state index contributed by atoms with van der Waals surface area (Å²) < 4.78 is 10.5. The van der Waals surface area contributed by atoms with Crippen molar-refractivity contribution in [2.75, 3.05) is 20.3 Å². The number of methoxy groups -OCH3 is 1.